The van der Waals surface area contributed by atoms with Gasteiger partial charge < -0.3 is 14.2 Å². The van der Waals surface area contributed by atoms with Crippen LogP contribution in [0.3, 0.4) is 0 Å². The van der Waals surface area contributed by atoms with Crippen molar-refractivity contribution in [2.24, 2.45) is 0 Å². The summed E-state index contributed by atoms with van der Waals surface area (Å²) in [6.45, 7) is 6.46. The Labute approximate surface area is 158 Å². The highest BCUT2D eigenvalue weighted by Gasteiger charge is 2.21. The molecule has 2 aromatic heterocycles. The highest BCUT2D eigenvalue weighted by atomic mass is 16.5. The minimum absolute atomic E-state index is 0.171. The number of nitrogens with zero attached hydrogens (tertiary/aromatic N) is 4. The molecule has 0 saturated carbocycles. The van der Waals surface area contributed by atoms with Gasteiger partial charge in [0.1, 0.15) is 12.3 Å². The zero-order chi connectivity index (χ0) is 19.4. The number of aryl methyl sites for hydroxylation is 2. The molecule has 1 aromatic carbocycles. The van der Waals surface area contributed by atoms with Gasteiger partial charge in [0.15, 0.2) is 0 Å². The van der Waals surface area contributed by atoms with Crippen LogP contribution in [0.1, 0.15) is 34.4 Å². The fourth-order valence-corrected chi connectivity index (χ4v) is 2.68. The summed E-state index contributed by atoms with van der Waals surface area (Å²) in [4.78, 5) is 23.2. The van der Waals surface area contributed by atoms with Crippen LogP contribution in [-0.4, -0.2) is 39.6 Å². The fourth-order valence-electron chi connectivity index (χ4n) is 2.68. The quantitative estimate of drug-likeness (QED) is 0.665. The average Bonchev–Trinajstić information content (AvgIpc) is 3.14. The number of carbonyl (C=O) groups is 1. The number of carbonyl (C=O) groups excluding carboxylic acids is 1. The van der Waals surface area contributed by atoms with Crippen LogP contribution < -0.4 is 4.74 Å². The Balaban J connectivity index is 1.80. The number of ether oxygens (including phenoxy) is 1. The lowest BCUT2D eigenvalue weighted by Crippen LogP contribution is -2.31. The Morgan fingerprint density at radius 2 is 1.96 bits per heavy atom. The van der Waals surface area contributed by atoms with Crippen molar-refractivity contribution in [1.82, 2.24) is 20.0 Å². The van der Waals surface area contributed by atoms with Crippen LogP contribution in [-0.2, 0) is 6.54 Å². The molecule has 3 rings (SSSR count). The van der Waals surface area contributed by atoms with Crippen LogP contribution in [0.25, 0.3) is 11.4 Å². The van der Waals surface area contributed by atoms with Gasteiger partial charge in [-0.15, -0.1) is 0 Å². The van der Waals surface area contributed by atoms with Crippen LogP contribution in [0, 0.1) is 13.8 Å². The lowest BCUT2D eigenvalue weighted by molar-refractivity contribution is 0.0731. The van der Waals surface area contributed by atoms with Crippen molar-refractivity contribution in [2.45, 2.75) is 27.3 Å². The van der Waals surface area contributed by atoms with Gasteiger partial charge in [-0.25, -0.2) is 0 Å². The van der Waals surface area contributed by atoms with Crippen molar-refractivity contribution in [1.29, 1.82) is 0 Å². The zero-order valence-corrected chi connectivity index (χ0v) is 15.9. The van der Waals surface area contributed by atoms with Gasteiger partial charge in [0.25, 0.3) is 5.91 Å². The van der Waals surface area contributed by atoms with E-state index in [-0.39, 0.29) is 12.5 Å². The molecule has 7 heteroatoms. The smallest absolute Gasteiger partial charge is 0.258 e. The molecule has 0 bridgehead atoms. The summed E-state index contributed by atoms with van der Waals surface area (Å²) in [6.07, 6.45) is 1.55. The first-order chi connectivity index (χ1) is 13.0. The van der Waals surface area contributed by atoms with Gasteiger partial charge in [-0.3, -0.25) is 9.78 Å². The summed E-state index contributed by atoms with van der Waals surface area (Å²) in [5.41, 5.74) is 3.24. The summed E-state index contributed by atoms with van der Waals surface area (Å²) in [5.74, 6) is 1.15. The van der Waals surface area contributed by atoms with E-state index in [1.807, 2.05) is 45.0 Å². The first-order valence-electron chi connectivity index (χ1n) is 8.71. The Bertz CT molecular complexity index is 935. The second kappa shape index (κ2) is 7.99. The fraction of sp³-hybridized carbons (Fsp3) is 0.300. The molecule has 27 heavy (non-hydrogen) atoms. The van der Waals surface area contributed by atoms with Gasteiger partial charge in [0.2, 0.25) is 11.7 Å². The molecule has 0 fully saturated rings. The lowest BCUT2D eigenvalue weighted by Gasteiger charge is -2.20. The van der Waals surface area contributed by atoms with Crippen molar-refractivity contribution in [3.05, 3.63) is 59.2 Å². The van der Waals surface area contributed by atoms with E-state index in [0.717, 1.165) is 16.8 Å². The molecule has 7 nitrogen and oxygen atoms in total. The Morgan fingerprint density at radius 1 is 1.22 bits per heavy atom. The highest BCUT2D eigenvalue weighted by molar-refractivity contribution is 5.96. The summed E-state index contributed by atoms with van der Waals surface area (Å²) >= 11 is 0. The molecule has 0 unspecified atom stereocenters. The van der Waals surface area contributed by atoms with Gasteiger partial charge in [0.05, 0.1) is 18.9 Å². The predicted molar refractivity (Wildman–Crippen MR) is 100 cm³/mol. The molecule has 1 amide bonds. The van der Waals surface area contributed by atoms with Crippen LogP contribution in [0.2, 0.25) is 0 Å². The molecule has 0 aliphatic carbocycles. The number of methoxy groups -OCH3 is 1. The minimum Gasteiger partial charge on any atom is -0.494 e. The van der Waals surface area contributed by atoms with Crippen molar-refractivity contribution >= 4 is 5.91 Å². The molecule has 2 heterocycles. The van der Waals surface area contributed by atoms with Crippen molar-refractivity contribution in [2.75, 3.05) is 13.7 Å². The molecule has 0 aliphatic rings. The molecule has 0 saturated heterocycles. The van der Waals surface area contributed by atoms with Crippen molar-refractivity contribution in [3.63, 3.8) is 0 Å². The van der Waals surface area contributed by atoms with E-state index in [0.29, 0.717) is 29.6 Å². The second-order valence-corrected chi connectivity index (χ2v) is 6.22. The second-order valence-electron chi connectivity index (χ2n) is 6.22. The van der Waals surface area contributed by atoms with E-state index in [2.05, 4.69) is 15.1 Å². The number of rotatable bonds is 6. The Hall–Kier alpha value is -3.22. The molecule has 0 atom stereocenters. The minimum atomic E-state index is -0.171. The number of hydrogen-bond acceptors (Lipinski definition) is 6. The van der Waals surface area contributed by atoms with E-state index < -0.39 is 0 Å². The van der Waals surface area contributed by atoms with Crippen LogP contribution in [0.15, 0.2) is 41.1 Å². The number of aromatic nitrogens is 3. The number of benzene rings is 1. The van der Waals surface area contributed by atoms with E-state index in [9.17, 15) is 4.79 Å². The first kappa shape index (κ1) is 18.6. The standard InChI is InChI=1S/C20H22N4O3/c1-5-24(20(25)16-10-14(3)21-11-17(16)26-4)12-18-22-19(23-27-18)15-8-6-13(2)7-9-15/h6-11H,5,12H2,1-4H3. The van der Waals surface area contributed by atoms with Crippen LogP contribution >= 0.6 is 0 Å². The van der Waals surface area contributed by atoms with Crippen molar-refractivity contribution in [3.8, 4) is 17.1 Å². The molecular weight excluding hydrogens is 344 g/mol. The molecule has 0 N–H and O–H groups in total. The van der Waals surface area contributed by atoms with Gasteiger partial charge in [-0.05, 0) is 26.8 Å². The molecule has 0 spiro atoms. The molecular formula is C20H22N4O3. The largest absolute Gasteiger partial charge is 0.494 e. The van der Waals surface area contributed by atoms with Gasteiger partial charge in [-0.2, -0.15) is 4.98 Å². The van der Waals surface area contributed by atoms with Gasteiger partial charge >= 0.3 is 0 Å². The SMILES string of the molecule is CCN(Cc1nc(-c2ccc(C)cc2)no1)C(=O)c1cc(C)ncc1OC. The monoisotopic (exact) mass is 366 g/mol. The van der Waals surface area contributed by atoms with Crippen LogP contribution in [0.4, 0.5) is 0 Å². The third-order valence-corrected chi connectivity index (χ3v) is 4.23. The Morgan fingerprint density at radius 3 is 2.63 bits per heavy atom. The molecule has 0 aliphatic heterocycles. The van der Waals surface area contributed by atoms with Crippen LogP contribution in [0.5, 0.6) is 5.75 Å². The maximum absolute atomic E-state index is 13.0. The average molecular weight is 366 g/mol. The molecule has 0 radical (unpaired) electrons. The summed E-state index contributed by atoms with van der Waals surface area (Å²) < 4.78 is 10.6. The van der Waals surface area contributed by atoms with E-state index in [4.69, 9.17) is 9.26 Å². The topological polar surface area (TPSA) is 81.4 Å². The Kier molecular flexibility index (Phi) is 5.49. The number of amides is 1. The van der Waals surface area contributed by atoms with E-state index in [1.54, 1.807) is 17.2 Å². The summed E-state index contributed by atoms with van der Waals surface area (Å²) in [7, 11) is 1.52. The first-order valence-corrected chi connectivity index (χ1v) is 8.71. The van der Waals surface area contributed by atoms with Crippen molar-refractivity contribution < 1.29 is 14.1 Å². The van der Waals surface area contributed by atoms with Gasteiger partial charge in [0, 0.05) is 17.8 Å². The maximum atomic E-state index is 13.0. The third kappa shape index (κ3) is 4.13. The molecule has 3 aromatic rings. The zero-order valence-electron chi connectivity index (χ0n) is 15.9. The summed E-state index contributed by atoms with van der Waals surface area (Å²) in [5, 5.41) is 4.02. The highest BCUT2D eigenvalue weighted by Crippen LogP contribution is 2.21. The normalized spacial score (nSPS) is 10.7. The third-order valence-electron chi connectivity index (χ3n) is 4.23. The van der Waals surface area contributed by atoms with E-state index >= 15 is 0 Å². The summed E-state index contributed by atoms with van der Waals surface area (Å²) in [6, 6.07) is 9.58. The molecule has 140 valence electrons. The lowest BCUT2D eigenvalue weighted by atomic mass is 10.1. The van der Waals surface area contributed by atoms with E-state index in [1.165, 1.54) is 7.11 Å². The van der Waals surface area contributed by atoms with Gasteiger partial charge in [-0.1, -0.05) is 35.0 Å². The number of hydrogen-bond donors (Lipinski definition) is 0. The predicted octanol–water partition coefficient (Wildman–Crippen LogP) is 3.42. The number of pyridine rings is 1. The maximum Gasteiger partial charge on any atom is 0.258 e.